The Balaban J connectivity index is 2.80. The molecule has 0 atom stereocenters. The molecule has 0 saturated heterocycles. The van der Waals surface area contributed by atoms with E-state index in [-0.39, 0.29) is 21.5 Å². The fourth-order valence-corrected chi connectivity index (χ4v) is 4.37. The molecule has 0 aliphatic carbocycles. The SMILES string of the molecule is CC(C)(C)c1cc(C=C(C(N)=O)S(=O)(=O)c2ccccc2)cc(C(C)(C)C)c1O. The Bertz CT molecular complexity index is 1020. The summed E-state index contributed by atoms with van der Waals surface area (Å²) in [5.41, 5.74) is 6.49. The van der Waals surface area contributed by atoms with Gasteiger partial charge in [0.2, 0.25) is 9.84 Å². The number of aromatic hydroxyl groups is 1. The van der Waals surface area contributed by atoms with Crippen molar-refractivity contribution in [3.05, 3.63) is 64.1 Å². The molecule has 3 N–H and O–H groups in total. The summed E-state index contributed by atoms with van der Waals surface area (Å²) in [7, 11) is -4.08. The average molecular weight is 416 g/mol. The Hall–Kier alpha value is -2.60. The van der Waals surface area contributed by atoms with Gasteiger partial charge in [0.15, 0.2) is 0 Å². The summed E-state index contributed by atoms with van der Waals surface area (Å²) in [6.07, 6.45) is 1.29. The molecule has 0 heterocycles. The van der Waals surface area contributed by atoms with Crippen molar-refractivity contribution in [1.82, 2.24) is 0 Å². The smallest absolute Gasteiger partial charge is 0.260 e. The Morgan fingerprint density at radius 3 is 1.76 bits per heavy atom. The second-order valence-corrected chi connectivity index (χ2v) is 11.1. The molecule has 0 spiro atoms. The Labute approximate surface area is 173 Å². The van der Waals surface area contributed by atoms with E-state index in [1.165, 1.54) is 18.2 Å². The zero-order valence-corrected chi connectivity index (χ0v) is 18.6. The highest BCUT2D eigenvalue weighted by Gasteiger charge is 2.28. The lowest BCUT2D eigenvalue weighted by Gasteiger charge is -2.28. The number of sulfone groups is 1. The van der Waals surface area contributed by atoms with Crippen LogP contribution in [0.25, 0.3) is 6.08 Å². The first-order valence-electron chi connectivity index (χ1n) is 9.35. The van der Waals surface area contributed by atoms with Gasteiger partial charge in [-0.3, -0.25) is 4.79 Å². The minimum atomic E-state index is -4.08. The molecule has 0 radical (unpaired) electrons. The van der Waals surface area contributed by atoms with Crippen LogP contribution in [0.4, 0.5) is 0 Å². The summed E-state index contributed by atoms with van der Waals surface area (Å²) in [5, 5.41) is 10.8. The second-order valence-electron chi connectivity index (χ2n) is 9.15. The highest BCUT2D eigenvalue weighted by molar-refractivity contribution is 7.96. The van der Waals surface area contributed by atoms with Crippen molar-refractivity contribution in [1.29, 1.82) is 0 Å². The number of phenolic OH excluding ortho intramolecular Hbond substituents is 1. The molecule has 0 fully saturated rings. The standard InChI is InChI=1S/C23H29NO4S/c1-22(2,3)17-12-15(13-18(20(17)25)23(4,5)6)14-19(21(24)26)29(27,28)16-10-8-7-9-11-16/h7-14,25H,1-6H3,(H2,24,26). The molecule has 0 saturated carbocycles. The normalized spacial score (nSPS) is 13.4. The lowest BCUT2D eigenvalue weighted by atomic mass is 9.78. The second kappa shape index (κ2) is 7.67. The number of hydrogen-bond acceptors (Lipinski definition) is 4. The zero-order valence-electron chi connectivity index (χ0n) is 17.8. The predicted octanol–water partition coefficient (Wildman–Crippen LogP) is 4.29. The molecule has 5 nitrogen and oxygen atoms in total. The van der Waals surface area contributed by atoms with Crippen LogP contribution in [0.15, 0.2) is 52.3 Å². The fraction of sp³-hybridized carbons (Fsp3) is 0.348. The van der Waals surface area contributed by atoms with Crippen molar-refractivity contribution >= 4 is 21.8 Å². The van der Waals surface area contributed by atoms with Crippen LogP contribution in [0, 0.1) is 0 Å². The van der Waals surface area contributed by atoms with Crippen molar-refractivity contribution in [2.45, 2.75) is 57.3 Å². The van der Waals surface area contributed by atoms with Crippen molar-refractivity contribution in [2.24, 2.45) is 5.73 Å². The van der Waals surface area contributed by atoms with Crippen LogP contribution in [0.5, 0.6) is 5.75 Å². The van der Waals surface area contributed by atoms with Gasteiger partial charge in [-0.05, 0) is 46.7 Å². The number of hydrogen-bond donors (Lipinski definition) is 2. The highest BCUT2D eigenvalue weighted by Crippen LogP contribution is 2.40. The molecule has 29 heavy (non-hydrogen) atoms. The Kier molecular flexibility index (Phi) is 6.00. The number of amides is 1. The minimum absolute atomic E-state index is 0.00378. The van der Waals surface area contributed by atoms with E-state index in [0.717, 1.165) is 0 Å². The largest absolute Gasteiger partial charge is 0.507 e. The molecule has 156 valence electrons. The lowest BCUT2D eigenvalue weighted by Crippen LogP contribution is -2.21. The first-order valence-corrected chi connectivity index (χ1v) is 10.8. The van der Waals surface area contributed by atoms with E-state index < -0.39 is 20.6 Å². The maximum atomic E-state index is 13.0. The van der Waals surface area contributed by atoms with E-state index in [1.54, 1.807) is 30.3 Å². The van der Waals surface area contributed by atoms with Gasteiger partial charge in [-0.1, -0.05) is 59.7 Å². The fourth-order valence-electron chi connectivity index (χ4n) is 3.04. The van der Waals surface area contributed by atoms with Crippen LogP contribution < -0.4 is 5.73 Å². The molecule has 1 amide bonds. The summed E-state index contributed by atoms with van der Waals surface area (Å²) in [5.74, 6) is -0.856. The molecule has 0 unspecified atom stereocenters. The summed E-state index contributed by atoms with van der Waals surface area (Å²) in [6.45, 7) is 11.7. The molecular weight excluding hydrogens is 386 g/mol. The number of phenols is 1. The monoisotopic (exact) mass is 415 g/mol. The number of rotatable bonds is 4. The van der Waals surface area contributed by atoms with Crippen molar-refractivity contribution < 1.29 is 18.3 Å². The third-order valence-corrected chi connectivity index (χ3v) is 6.42. The molecule has 2 aromatic carbocycles. The number of carbonyl (C=O) groups excluding carboxylic acids is 1. The average Bonchev–Trinajstić information content (AvgIpc) is 2.59. The van der Waals surface area contributed by atoms with Gasteiger partial charge in [-0.2, -0.15) is 0 Å². The Morgan fingerprint density at radius 1 is 0.931 bits per heavy atom. The van der Waals surface area contributed by atoms with E-state index >= 15 is 0 Å². The Morgan fingerprint density at radius 2 is 1.38 bits per heavy atom. The quantitative estimate of drug-likeness (QED) is 0.728. The van der Waals surface area contributed by atoms with Crippen LogP contribution in [0.2, 0.25) is 0 Å². The van der Waals surface area contributed by atoms with E-state index in [9.17, 15) is 18.3 Å². The predicted molar refractivity (Wildman–Crippen MR) is 116 cm³/mol. The number of primary amides is 1. The van der Waals surface area contributed by atoms with Gasteiger partial charge in [0.1, 0.15) is 10.7 Å². The van der Waals surface area contributed by atoms with Gasteiger partial charge >= 0.3 is 0 Å². The summed E-state index contributed by atoms with van der Waals surface area (Å²) < 4.78 is 26.0. The van der Waals surface area contributed by atoms with Crippen LogP contribution >= 0.6 is 0 Å². The molecule has 0 aliphatic rings. The van der Waals surface area contributed by atoms with E-state index in [0.29, 0.717) is 16.7 Å². The van der Waals surface area contributed by atoms with Gasteiger partial charge < -0.3 is 10.8 Å². The third-order valence-electron chi connectivity index (χ3n) is 4.63. The van der Waals surface area contributed by atoms with Gasteiger partial charge in [-0.15, -0.1) is 0 Å². The van der Waals surface area contributed by atoms with Crippen LogP contribution in [-0.4, -0.2) is 19.4 Å². The molecule has 0 aromatic heterocycles. The number of carbonyl (C=O) groups is 1. The summed E-state index contributed by atoms with van der Waals surface area (Å²) >= 11 is 0. The topological polar surface area (TPSA) is 97.5 Å². The van der Waals surface area contributed by atoms with Crippen molar-refractivity contribution in [3.8, 4) is 5.75 Å². The zero-order chi connectivity index (χ0) is 22.2. The lowest BCUT2D eigenvalue weighted by molar-refractivity contribution is -0.113. The van der Waals surface area contributed by atoms with E-state index in [1.807, 2.05) is 41.5 Å². The first kappa shape index (κ1) is 22.7. The molecule has 0 aliphatic heterocycles. The third kappa shape index (κ3) is 4.88. The maximum absolute atomic E-state index is 13.0. The first-order chi connectivity index (χ1) is 13.2. The van der Waals surface area contributed by atoms with Crippen molar-refractivity contribution in [3.63, 3.8) is 0 Å². The van der Waals surface area contributed by atoms with E-state index in [4.69, 9.17) is 5.73 Å². The number of benzene rings is 2. The molecular formula is C23H29NO4S. The summed E-state index contributed by atoms with van der Waals surface area (Å²) in [6, 6.07) is 11.1. The number of nitrogens with two attached hydrogens (primary N) is 1. The molecule has 2 aromatic rings. The van der Waals surface area contributed by atoms with Gasteiger partial charge in [0, 0.05) is 11.1 Å². The van der Waals surface area contributed by atoms with Gasteiger partial charge in [-0.25, -0.2) is 8.42 Å². The van der Waals surface area contributed by atoms with Crippen molar-refractivity contribution in [2.75, 3.05) is 0 Å². The maximum Gasteiger partial charge on any atom is 0.260 e. The minimum Gasteiger partial charge on any atom is -0.507 e. The summed E-state index contributed by atoms with van der Waals surface area (Å²) in [4.78, 5) is 11.6. The van der Waals surface area contributed by atoms with Gasteiger partial charge in [0.05, 0.1) is 4.90 Å². The van der Waals surface area contributed by atoms with Crippen LogP contribution in [0.1, 0.15) is 58.2 Å². The molecule has 2 rings (SSSR count). The van der Waals surface area contributed by atoms with Crippen LogP contribution in [-0.2, 0) is 25.5 Å². The van der Waals surface area contributed by atoms with E-state index in [2.05, 4.69) is 0 Å². The highest BCUT2D eigenvalue weighted by atomic mass is 32.2. The molecule has 0 bridgehead atoms. The van der Waals surface area contributed by atoms with Crippen LogP contribution in [0.3, 0.4) is 0 Å². The molecule has 6 heteroatoms. The van der Waals surface area contributed by atoms with Gasteiger partial charge in [0.25, 0.3) is 5.91 Å².